The Morgan fingerprint density at radius 3 is 2.50 bits per heavy atom. The van der Waals surface area contributed by atoms with Crippen molar-refractivity contribution in [2.24, 2.45) is 0 Å². The normalized spacial score (nSPS) is 12.5. The molecule has 2 aromatic carbocycles. The van der Waals surface area contributed by atoms with Crippen LogP contribution in [0.5, 0.6) is 0 Å². The van der Waals surface area contributed by atoms with Gasteiger partial charge >= 0.3 is 0 Å². The van der Waals surface area contributed by atoms with Crippen molar-refractivity contribution in [1.82, 2.24) is 15.1 Å². The zero-order valence-electron chi connectivity index (χ0n) is 14.0. The molecular formula is C19H20FN3O. The Balaban J connectivity index is 1.74. The Morgan fingerprint density at radius 1 is 1.08 bits per heavy atom. The Labute approximate surface area is 140 Å². The van der Waals surface area contributed by atoms with Crippen LogP contribution in [-0.2, 0) is 6.54 Å². The second kappa shape index (κ2) is 6.93. The molecule has 124 valence electrons. The highest BCUT2D eigenvalue weighted by Crippen LogP contribution is 2.24. The summed E-state index contributed by atoms with van der Waals surface area (Å²) in [5.74, 6) is 0.663. The second-order valence-corrected chi connectivity index (χ2v) is 5.97. The smallest absolute Gasteiger partial charge is 0.247 e. The number of halogens is 1. The summed E-state index contributed by atoms with van der Waals surface area (Å²) in [7, 11) is 2.03. The summed E-state index contributed by atoms with van der Waals surface area (Å²) in [6.45, 7) is 4.93. The van der Waals surface area contributed by atoms with Crippen LogP contribution in [0.4, 0.5) is 4.39 Å². The van der Waals surface area contributed by atoms with Crippen molar-refractivity contribution in [3.8, 4) is 11.5 Å². The van der Waals surface area contributed by atoms with Crippen LogP contribution in [-0.4, -0.2) is 22.1 Å². The first-order valence-electron chi connectivity index (χ1n) is 7.88. The fourth-order valence-electron chi connectivity index (χ4n) is 2.49. The number of hydrogen-bond acceptors (Lipinski definition) is 4. The molecule has 0 saturated carbocycles. The molecule has 1 heterocycles. The zero-order chi connectivity index (χ0) is 17.1. The predicted octanol–water partition coefficient (Wildman–Crippen LogP) is 4.38. The van der Waals surface area contributed by atoms with Gasteiger partial charge in [0, 0.05) is 12.1 Å². The molecule has 5 heteroatoms. The largest absolute Gasteiger partial charge is 0.419 e. The summed E-state index contributed by atoms with van der Waals surface area (Å²) in [5.41, 5.74) is 3.24. The second-order valence-electron chi connectivity index (χ2n) is 5.97. The molecule has 3 aromatic rings. The molecule has 24 heavy (non-hydrogen) atoms. The maximum atomic E-state index is 13.0. The topological polar surface area (TPSA) is 42.2 Å². The van der Waals surface area contributed by atoms with Gasteiger partial charge in [-0.3, -0.25) is 4.90 Å². The monoisotopic (exact) mass is 325 g/mol. The summed E-state index contributed by atoms with van der Waals surface area (Å²) in [5, 5.41) is 8.23. The van der Waals surface area contributed by atoms with Crippen LogP contribution < -0.4 is 0 Å². The van der Waals surface area contributed by atoms with Crippen LogP contribution in [0.25, 0.3) is 11.5 Å². The summed E-state index contributed by atoms with van der Waals surface area (Å²) >= 11 is 0. The fraction of sp³-hybridized carbons (Fsp3) is 0.263. The average molecular weight is 325 g/mol. The van der Waals surface area contributed by atoms with Crippen LogP contribution in [0.1, 0.15) is 30.0 Å². The van der Waals surface area contributed by atoms with Gasteiger partial charge in [0.1, 0.15) is 5.82 Å². The molecule has 1 aromatic heterocycles. The maximum absolute atomic E-state index is 13.0. The molecule has 0 aliphatic rings. The van der Waals surface area contributed by atoms with Gasteiger partial charge in [-0.2, -0.15) is 0 Å². The number of aromatic nitrogens is 2. The molecule has 0 unspecified atom stereocenters. The quantitative estimate of drug-likeness (QED) is 0.698. The Bertz CT molecular complexity index is 813. The van der Waals surface area contributed by atoms with E-state index in [2.05, 4.69) is 34.2 Å². The highest BCUT2D eigenvalue weighted by atomic mass is 19.1. The standard InChI is InChI=1S/C19H20FN3O/c1-13-6-4-5-7-16(13)12-23(3)14(2)18-21-22-19(24-18)15-8-10-17(20)11-9-15/h4-11,14H,12H2,1-3H3/t14-/m0/s1. The minimum absolute atomic E-state index is 0.0219. The van der Waals surface area contributed by atoms with E-state index in [1.807, 2.05) is 26.1 Å². The summed E-state index contributed by atoms with van der Waals surface area (Å²) in [6.07, 6.45) is 0. The number of rotatable bonds is 5. The van der Waals surface area contributed by atoms with Crippen molar-refractivity contribution in [2.45, 2.75) is 26.4 Å². The van der Waals surface area contributed by atoms with Crippen molar-refractivity contribution in [3.63, 3.8) is 0 Å². The minimum Gasteiger partial charge on any atom is -0.419 e. The van der Waals surface area contributed by atoms with Gasteiger partial charge in [0.05, 0.1) is 6.04 Å². The lowest BCUT2D eigenvalue weighted by Crippen LogP contribution is -2.22. The number of hydrogen-bond donors (Lipinski definition) is 0. The van der Waals surface area contributed by atoms with Gasteiger partial charge in [-0.15, -0.1) is 10.2 Å². The number of aryl methyl sites for hydroxylation is 1. The van der Waals surface area contributed by atoms with Gasteiger partial charge < -0.3 is 4.42 Å². The Morgan fingerprint density at radius 2 is 1.79 bits per heavy atom. The highest BCUT2D eigenvalue weighted by molar-refractivity contribution is 5.51. The molecule has 0 bridgehead atoms. The van der Waals surface area contributed by atoms with Crippen molar-refractivity contribution in [3.05, 3.63) is 71.4 Å². The molecule has 0 amide bonds. The van der Waals surface area contributed by atoms with E-state index in [1.54, 1.807) is 12.1 Å². The third-order valence-electron chi connectivity index (χ3n) is 4.23. The van der Waals surface area contributed by atoms with Crippen molar-refractivity contribution in [2.75, 3.05) is 7.05 Å². The molecule has 0 spiro atoms. The maximum Gasteiger partial charge on any atom is 0.247 e. The third kappa shape index (κ3) is 3.51. The summed E-state index contributed by atoms with van der Waals surface area (Å²) in [4.78, 5) is 2.16. The van der Waals surface area contributed by atoms with E-state index in [1.165, 1.54) is 23.3 Å². The molecule has 1 atom stereocenters. The predicted molar refractivity (Wildman–Crippen MR) is 90.8 cm³/mol. The number of benzene rings is 2. The van der Waals surface area contributed by atoms with Crippen LogP contribution in [0, 0.1) is 12.7 Å². The van der Waals surface area contributed by atoms with Gasteiger partial charge in [-0.05, 0) is 56.3 Å². The SMILES string of the molecule is Cc1ccccc1CN(C)[C@@H](C)c1nnc(-c2ccc(F)cc2)o1. The number of nitrogens with zero attached hydrogens (tertiary/aromatic N) is 3. The molecule has 0 aliphatic carbocycles. The minimum atomic E-state index is -0.287. The molecule has 0 N–H and O–H groups in total. The fourth-order valence-corrected chi connectivity index (χ4v) is 2.49. The van der Waals surface area contributed by atoms with Crippen molar-refractivity contribution >= 4 is 0 Å². The van der Waals surface area contributed by atoms with E-state index < -0.39 is 0 Å². The average Bonchev–Trinajstić information content (AvgIpc) is 3.07. The summed E-state index contributed by atoms with van der Waals surface area (Å²) in [6, 6.07) is 14.3. The van der Waals surface area contributed by atoms with Crippen molar-refractivity contribution < 1.29 is 8.81 Å². The first-order chi connectivity index (χ1) is 11.5. The van der Waals surface area contributed by atoms with Crippen LogP contribution in [0.2, 0.25) is 0 Å². The first-order valence-corrected chi connectivity index (χ1v) is 7.88. The third-order valence-corrected chi connectivity index (χ3v) is 4.23. The molecule has 4 nitrogen and oxygen atoms in total. The lowest BCUT2D eigenvalue weighted by atomic mass is 10.1. The van der Waals surface area contributed by atoms with Crippen LogP contribution >= 0.6 is 0 Å². The van der Waals surface area contributed by atoms with Gasteiger partial charge in [0.25, 0.3) is 0 Å². The molecule has 0 aliphatic heterocycles. The van der Waals surface area contributed by atoms with E-state index in [0.29, 0.717) is 17.3 Å². The van der Waals surface area contributed by atoms with Crippen LogP contribution in [0.3, 0.4) is 0 Å². The molecular weight excluding hydrogens is 305 g/mol. The van der Waals surface area contributed by atoms with E-state index in [9.17, 15) is 4.39 Å². The first kappa shape index (κ1) is 16.3. The molecule has 0 fully saturated rings. The van der Waals surface area contributed by atoms with E-state index in [4.69, 9.17) is 4.42 Å². The molecule has 0 radical (unpaired) electrons. The van der Waals surface area contributed by atoms with Crippen molar-refractivity contribution in [1.29, 1.82) is 0 Å². The lowest BCUT2D eigenvalue weighted by molar-refractivity contribution is 0.217. The lowest BCUT2D eigenvalue weighted by Gasteiger charge is -2.22. The molecule has 0 saturated heterocycles. The Hall–Kier alpha value is -2.53. The molecule has 3 rings (SSSR count). The van der Waals surface area contributed by atoms with Gasteiger partial charge in [0.2, 0.25) is 11.8 Å². The van der Waals surface area contributed by atoms with E-state index >= 15 is 0 Å². The zero-order valence-corrected chi connectivity index (χ0v) is 14.0. The van der Waals surface area contributed by atoms with Gasteiger partial charge in [0.15, 0.2) is 0 Å². The Kier molecular flexibility index (Phi) is 4.71. The van der Waals surface area contributed by atoms with Gasteiger partial charge in [-0.1, -0.05) is 24.3 Å². The van der Waals surface area contributed by atoms with E-state index in [-0.39, 0.29) is 11.9 Å². The van der Waals surface area contributed by atoms with Gasteiger partial charge in [-0.25, -0.2) is 4.39 Å². The summed E-state index contributed by atoms with van der Waals surface area (Å²) < 4.78 is 18.8. The van der Waals surface area contributed by atoms with Crippen LogP contribution in [0.15, 0.2) is 52.9 Å². The highest BCUT2D eigenvalue weighted by Gasteiger charge is 2.19. The van der Waals surface area contributed by atoms with E-state index in [0.717, 1.165) is 6.54 Å².